The molecule has 0 aromatic carbocycles. The average molecular weight is 358 g/mol. The lowest BCUT2D eigenvalue weighted by Gasteiger charge is -2.11. The molecule has 7 nitrogen and oxygen atoms in total. The Bertz CT molecular complexity index is 911. The van der Waals surface area contributed by atoms with E-state index in [9.17, 15) is 4.79 Å². The zero-order valence-electron chi connectivity index (χ0n) is 15.1. The first kappa shape index (κ1) is 17.5. The van der Waals surface area contributed by atoms with Crippen LogP contribution in [0.15, 0.2) is 12.3 Å². The Kier molecular flexibility index (Phi) is 4.80. The van der Waals surface area contributed by atoms with E-state index in [0.717, 1.165) is 28.2 Å². The number of anilines is 1. The second-order valence-electron chi connectivity index (χ2n) is 6.48. The molecule has 0 atom stereocenters. The molecule has 8 heteroatoms. The molecule has 3 aromatic rings. The summed E-state index contributed by atoms with van der Waals surface area (Å²) in [4.78, 5) is 17.6. The van der Waals surface area contributed by atoms with E-state index in [4.69, 9.17) is 4.98 Å². The van der Waals surface area contributed by atoms with Crippen molar-refractivity contribution in [2.24, 2.45) is 0 Å². The molecule has 3 heterocycles. The fourth-order valence-electron chi connectivity index (χ4n) is 2.51. The molecule has 0 aliphatic carbocycles. The maximum atomic E-state index is 12.8. The Balaban J connectivity index is 2.05. The Morgan fingerprint density at radius 2 is 2.04 bits per heavy atom. The first-order valence-electron chi connectivity index (χ1n) is 8.42. The Hall–Kier alpha value is -2.35. The molecule has 0 spiro atoms. The summed E-state index contributed by atoms with van der Waals surface area (Å²) in [5, 5.41) is 17.5. The van der Waals surface area contributed by atoms with Crippen molar-refractivity contribution in [1.29, 1.82) is 0 Å². The molecule has 0 unspecified atom stereocenters. The molecule has 132 valence electrons. The SMILES string of the molecule is CCc1nnc(NC(=O)c2cc(C(C)C)nc3c2cnn3C(C)C)s1. The third kappa shape index (κ3) is 3.39. The highest BCUT2D eigenvalue weighted by Crippen LogP contribution is 2.25. The van der Waals surface area contributed by atoms with Crippen LogP contribution in [0, 0.1) is 0 Å². The summed E-state index contributed by atoms with van der Waals surface area (Å²) in [6, 6.07) is 2.01. The summed E-state index contributed by atoms with van der Waals surface area (Å²) >= 11 is 1.39. The number of rotatable bonds is 5. The minimum Gasteiger partial charge on any atom is -0.296 e. The molecule has 0 saturated heterocycles. The minimum absolute atomic E-state index is 0.165. The molecule has 0 saturated carbocycles. The van der Waals surface area contributed by atoms with E-state index < -0.39 is 0 Å². The van der Waals surface area contributed by atoms with E-state index >= 15 is 0 Å². The normalized spacial score (nSPS) is 11.6. The second kappa shape index (κ2) is 6.87. The number of hydrogen-bond acceptors (Lipinski definition) is 6. The summed E-state index contributed by atoms with van der Waals surface area (Å²) in [6.07, 6.45) is 2.50. The van der Waals surface area contributed by atoms with Gasteiger partial charge in [0.1, 0.15) is 5.01 Å². The summed E-state index contributed by atoms with van der Waals surface area (Å²) in [7, 11) is 0. The molecule has 3 aromatic heterocycles. The fraction of sp³-hybridized carbons (Fsp3) is 0.471. The number of carbonyl (C=O) groups excluding carboxylic acids is 1. The Morgan fingerprint density at radius 1 is 1.28 bits per heavy atom. The Labute approximate surface area is 150 Å². The first-order chi connectivity index (χ1) is 11.9. The van der Waals surface area contributed by atoms with Crippen LogP contribution in [0.1, 0.15) is 67.6 Å². The van der Waals surface area contributed by atoms with Crippen molar-refractivity contribution in [3.63, 3.8) is 0 Å². The predicted octanol–water partition coefficient (Wildman–Crippen LogP) is 3.80. The largest absolute Gasteiger partial charge is 0.296 e. The van der Waals surface area contributed by atoms with Gasteiger partial charge in [-0.2, -0.15) is 5.10 Å². The highest BCUT2D eigenvalue weighted by atomic mass is 32.1. The van der Waals surface area contributed by atoms with Crippen molar-refractivity contribution in [3.8, 4) is 0 Å². The monoisotopic (exact) mass is 358 g/mol. The number of amides is 1. The van der Waals surface area contributed by atoms with Crippen molar-refractivity contribution >= 4 is 33.4 Å². The van der Waals surface area contributed by atoms with Gasteiger partial charge in [-0.25, -0.2) is 9.67 Å². The number of aromatic nitrogens is 5. The van der Waals surface area contributed by atoms with Crippen molar-refractivity contribution in [3.05, 3.63) is 28.5 Å². The highest BCUT2D eigenvalue weighted by Gasteiger charge is 2.20. The van der Waals surface area contributed by atoms with Gasteiger partial charge in [0.25, 0.3) is 5.91 Å². The molecule has 0 aliphatic rings. The number of aryl methyl sites for hydroxylation is 1. The summed E-state index contributed by atoms with van der Waals surface area (Å²) < 4.78 is 1.85. The van der Waals surface area contributed by atoms with Crippen molar-refractivity contribution in [2.75, 3.05) is 5.32 Å². The molecule has 1 amide bonds. The van der Waals surface area contributed by atoms with Crippen LogP contribution in [-0.4, -0.2) is 30.9 Å². The number of hydrogen-bond donors (Lipinski definition) is 1. The van der Waals surface area contributed by atoms with Crippen LogP contribution in [0.25, 0.3) is 11.0 Å². The molecular weight excluding hydrogens is 336 g/mol. The van der Waals surface area contributed by atoms with Crippen molar-refractivity contribution in [2.45, 2.75) is 53.0 Å². The summed E-state index contributed by atoms with van der Waals surface area (Å²) in [6.45, 7) is 10.2. The molecule has 0 fully saturated rings. The lowest BCUT2D eigenvalue weighted by atomic mass is 10.0. The number of carbonyl (C=O) groups is 1. The molecular formula is C17H22N6OS. The van der Waals surface area contributed by atoms with E-state index in [-0.39, 0.29) is 17.9 Å². The van der Waals surface area contributed by atoms with Gasteiger partial charge in [-0.3, -0.25) is 10.1 Å². The van der Waals surface area contributed by atoms with Crippen LogP contribution in [0.3, 0.4) is 0 Å². The summed E-state index contributed by atoms with van der Waals surface area (Å²) in [5.41, 5.74) is 2.17. The van der Waals surface area contributed by atoms with Crippen LogP contribution in [0.5, 0.6) is 0 Å². The van der Waals surface area contributed by atoms with Gasteiger partial charge in [0.2, 0.25) is 5.13 Å². The molecule has 0 bridgehead atoms. The highest BCUT2D eigenvalue weighted by molar-refractivity contribution is 7.15. The molecule has 0 aliphatic heterocycles. The molecule has 0 radical (unpaired) electrons. The van der Waals surface area contributed by atoms with E-state index in [2.05, 4.69) is 34.5 Å². The van der Waals surface area contributed by atoms with Gasteiger partial charge in [0.05, 0.1) is 17.1 Å². The molecule has 3 rings (SSSR count). The number of pyridine rings is 1. The number of nitrogens with zero attached hydrogens (tertiary/aromatic N) is 5. The van der Waals surface area contributed by atoms with Crippen LogP contribution >= 0.6 is 11.3 Å². The Morgan fingerprint density at radius 3 is 2.64 bits per heavy atom. The maximum absolute atomic E-state index is 12.8. The van der Waals surface area contributed by atoms with Gasteiger partial charge >= 0.3 is 0 Å². The van der Waals surface area contributed by atoms with E-state index in [1.807, 2.05) is 31.5 Å². The zero-order valence-corrected chi connectivity index (χ0v) is 15.9. The quantitative estimate of drug-likeness (QED) is 0.750. The third-order valence-corrected chi connectivity index (χ3v) is 4.88. The van der Waals surface area contributed by atoms with Gasteiger partial charge in [0.15, 0.2) is 5.65 Å². The van der Waals surface area contributed by atoms with Gasteiger partial charge < -0.3 is 0 Å². The lowest BCUT2D eigenvalue weighted by molar-refractivity contribution is 0.102. The van der Waals surface area contributed by atoms with Crippen LogP contribution < -0.4 is 5.32 Å². The molecule has 25 heavy (non-hydrogen) atoms. The molecule has 1 N–H and O–H groups in total. The van der Waals surface area contributed by atoms with Gasteiger partial charge in [-0.1, -0.05) is 32.1 Å². The summed E-state index contributed by atoms with van der Waals surface area (Å²) in [5.74, 6) is -0.00362. The maximum Gasteiger partial charge on any atom is 0.258 e. The minimum atomic E-state index is -0.212. The third-order valence-electron chi connectivity index (χ3n) is 3.90. The average Bonchev–Trinajstić information content (AvgIpc) is 3.19. The fourth-order valence-corrected chi connectivity index (χ4v) is 3.18. The predicted molar refractivity (Wildman–Crippen MR) is 99.2 cm³/mol. The van der Waals surface area contributed by atoms with Crippen LogP contribution in [0.2, 0.25) is 0 Å². The smallest absolute Gasteiger partial charge is 0.258 e. The second-order valence-corrected chi connectivity index (χ2v) is 7.54. The van der Waals surface area contributed by atoms with E-state index in [1.165, 1.54) is 11.3 Å². The van der Waals surface area contributed by atoms with Gasteiger partial charge in [0, 0.05) is 11.7 Å². The topological polar surface area (TPSA) is 85.6 Å². The van der Waals surface area contributed by atoms with Gasteiger partial charge in [-0.05, 0) is 32.3 Å². The lowest BCUT2D eigenvalue weighted by Crippen LogP contribution is -2.14. The van der Waals surface area contributed by atoms with Crippen LogP contribution in [0.4, 0.5) is 5.13 Å². The van der Waals surface area contributed by atoms with Crippen LogP contribution in [-0.2, 0) is 6.42 Å². The van der Waals surface area contributed by atoms with Gasteiger partial charge in [-0.15, -0.1) is 10.2 Å². The first-order valence-corrected chi connectivity index (χ1v) is 9.24. The van der Waals surface area contributed by atoms with E-state index in [1.54, 1.807) is 6.20 Å². The number of fused-ring (bicyclic) bond motifs is 1. The van der Waals surface area contributed by atoms with Crippen molar-refractivity contribution < 1.29 is 4.79 Å². The van der Waals surface area contributed by atoms with E-state index in [0.29, 0.717) is 10.7 Å². The number of nitrogens with one attached hydrogen (secondary N) is 1. The van der Waals surface area contributed by atoms with Crippen molar-refractivity contribution in [1.82, 2.24) is 25.0 Å². The standard InChI is InChI=1S/C17H22N6OS/c1-6-14-21-22-17(25-14)20-16(24)11-7-13(9(2)3)19-15-12(11)8-18-23(15)10(4)5/h7-10H,6H2,1-5H3,(H,20,22,24). The zero-order chi connectivity index (χ0) is 18.1.